The molecular formula is C13H28N2. The fourth-order valence-electron chi connectivity index (χ4n) is 1.82. The molecule has 0 amide bonds. The Bertz CT molecular complexity index is 145. The first-order valence-corrected chi connectivity index (χ1v) is 6.17. The lowest BCUT2D eigenvalue weighted by Gasteiger charge is -2.30. The molecule has 15 heavy (non-hydrogen) atoms. The smallest absolute Gasteiger partial charge is 0.0112 e. The Morgan fingerprint density at radius 3 is 2.20 bits per heavy atom. The molecule has 0 aromatic heterocycles. The third-order valence-corrected chi connectivity index (χ3v) is 2.64. The minimum absolute atomic E-state index is 0.639. The van der Waals surface area contributed by atoms with Gasteiger partial charge in [-0.05, 0) is 47.1 Å². The van der Waals surface area contributed by atoms with Crippen molar-refractivity contribution in [3.8, 4) is 0 Å². The van der Waals surface area contributed by atoms with E-state index >= 15 is 0 Å². The van der Waals surface area contributed by atoms with Crippen LogP contribution < -0.4 is 5.32 Å². The van der Waals surface area contributed by atoms with Gasteiger partial charge in [-0.3, -0.25) is 4.90 Å². The van der Waals surface area contributed by atoms with Crippen molar-refractivity contribution in [2.45, 2.75) is 52.6 Å². The molecule has 0 fully saturated rings. The summed E-state index contributed by atoms with van der Waals surface area (Å²) in [4.78, 5) is 2.51. The molecule has 0 spiro atoms. The summed E-state index contributed by atoms with van der Waals surface area (Å²) in [5.74, 6) is 0. The second-order valence-corrected chi connectivity index (χ2v) is 4.61. The minimum atomic E-state index is 0.639. The fourth-order valence-corrected chi connectivity index (χ4v) is 1.82. The molecule has 0 heterocycles. The maximum absolute atomic E-state index is 3.72. The van der Waals surface area contributed by atoms with Gasteiger partial charge < -0.3 is 5.32 Å². The van der Waals surface area contributed by atoms with Gasteiger partial charge in [0.25, 0.3) is 0 Å². The van der Waals surface area contributed by atoms with Crippen LogP contribution in [0.1, 0.15) is 40.5 Å². The number of unbranched alkanes of at least 4 members (excludes halogenated alkanes) is 1. The summed E-state index contributed by atoms with van der Waals surface area (Å²) in [6.07, 6.45) is 4.30. The van der Waals surface area contributed by atoms with Gasteiger partial charge in [-0.25, -0.2) is 0 Å². The third-order valence-electron chi connectivity index (χ3n) is 2.64. The van der Waals surface area contributed by atoms with Crippen molar-refractivity contribution in [2.75, 3.05) is 19.6 Å². The molecule has 0 aromatic carbocycles. The Kier molecular flexibility index (Phi) is 8.73. The van der Waals surface area contributed by atoms with Crippen molar-refractivity contribution in [3.05, 3.63) is 12.7 Å². The van der Waals surface area contributed by atoms with E-state index in [-0.39, 0.29) is 0 Å². The van der Waals surface area contributed by atoms with Gasteiger partial charge in [0, 0.05) is 25.2 Å². The summed E-state index contributed by atoms with van der Waals surface area (Å²) in [7, 11) is 0. The lowest BCUT2D eigenvalue weighted by atomic mass is 10.2. The number of rotatable bonds is 9. The largest absolute Gasteiger partial charge is 0.315 e. The van der Waals surface area contributed by atoms with Gasteiger partial charge in [0.15, 0.2) is 0 Å². The van der Waals surface area contributed by atoms with E-state index < -0.39 is 0 Å². The van der Waals surface area contributed by atoms with Crippen LogP contribution in [-0.4, -0.2) is 36.6 Å². The monoisotopic (exact) mass is 212 g/mol. The quantitative estimate of drug-likeness (QED) is 0.467. The second kappa shape index (κ2) is 8.93. The second-order valence-electron chi connectivity index (χ2n) is 4.61. The van der Waals surface area contributed by atoms with Crippen molar-refractivity contribution < 1.29 is 0 Å². The van der Waals surface area contributed by atoms with Gasteiger partial charge in [-0.15, -0.1) is 6.58 Å². The summed E-state index contributed by atoms with van der Waals surface area (Å²) in [5.41, 5.74) is 0. The highest BCUT2D eigenvalue weighted by atomic mass is 15.2. The van der Waals surface area contributed by atoms with Crippen LogP contribution in [0.3, 0.4) is 0 Å². The molecule has 0 saturated heterocycles. The number of hydrogen-bond donors (Lipinski definition) is 1. The topological polar surface area (TPSA) is 15.3 Å². The van der Waals surface area contributed by atoms with Gasteiger partial charge in [-0.1, -0.05) is 6.08 Å². The van der Waals surface area contributed by atoms with Crippen LogP contribution in [0.4, 0.5) is 0 Å². The predicted molar refractivity (Wildman–Crippen MR) is 69.3 cm³/mol. The SMILES string of the molecule is C=CCCCNCCN(C(C)C)C(C)C. The zero-order valence-corrected chi connectivity index (χ0v) is 10.9. The molecule has 2 nitrogen and oxygen atoms in total. The Morgan fingerprint density at radius 2 is 1.73 bits per heavy atom. The van der Waals surface area contributed by atoms with E-state index in [1.165, 1.54) is 6.42 Å². The van der Waals surface area contributed by atoms with E-state index in [1.54, 1.807) is 0 Å². The molecule has 0 radical (unpaired) electrons. The Balaban J connectivity index is 3.50. The van der Waals surface area contributed by atoms with Crippen LogP contribution in [-0.2, 0) is 0 Å². The van der Waals surface area contributed by atoms with Gasteiger partial charge >= 0.3 is 0 Å². The summed E-state index contributed by atoms with van der Waals surface area (Å²) in [5, 5.41) is 3.47. The van der Waals surface area contributed by atoms with Crippen LogP contribution in [0.5, 0.6) is 0 Å². The van der Waals surface area contributed by atoms with Crippen molar-refractivity contribution in [3.63, 3.8) is 0 Å². The molecule has 0 aliphatic heterocycles. The predicted octanol–water partition coefficient (Wildman–Crippen LogP) is 2.66. The molecule has 0 atom stereocenters. The first-order chi connectivity index (χ1) is 7.09. The van der Waals surface area contributed by atoms with Crippen molar-refractivity contribution >= 4 is 0 Å². The maximum atomic E-state index is 3.72. The van der Waals surface area contributed by atoms with E-state index in [9.17, 15) is 0 Å². The molecule has 0 saturated carbocycles. The van der Waals surface area contributed by atoms with Gasteiger partial charge in [-0.2, -0.15) is 0 Å². The molecule has 1 N–H and O–H groups in total. The Labute approximate surface area is 95.7 Å². The van der Waals surface area contributed by atoms with Crippen LogP contribution in [0.2, 0.25) is 0 Å². The highest BCUT2D eigenvalue weighted by Crippen LogP contribution is 2.03. The molecule has 0 aliphatic rings. The van der Waals surface area contributed by atoms with Gasteiger partial charge in [0.1, 0.15) is 0 Å². The third kappa shape index (κ3) is 7.57. The zero-order valence-electron chi connectivity index (χ0n) is 10.9. The van der Waals surface area contributed by atoms with Gasteiger partial charge in [0.05, 0.1) is 0 Å². The van der Waals surface area contributed by atoms with E-state index in [1.807, 2.05) is 6.08 Å². The van der Waals surface area contributed by atoms with E-state index in [0.29, 0.717) is 12.1 Å². The van der Waals surface area contributed by atoms with Gasteiger partial charge in [0.2, 0.25) is 0 Å². The summed E-state index contributed by atoms with van der Waals surface area (Å²) < 4.78 is 0. The van der Waals surface area contributed by atoms with Crippen molar-refractivity contribution in [2.24, 2.45) is 0 Å². The summed E-state index contributed by atoms with van der Waals surface area (Å²) in [6.45, 7) is 16.1. The maximum Gasteiger partial charge on any atom is 0.0112 e. The van der Waals surface area contributed by atoms with Crippen molar-refractivity contribution in [1.29, 1.82) is 0 Å². The average Bonchev–Trinajstić information content (AvgIpc) is 2.15. The number of hydrogen-bond acceptors (Lipinski definition) is 2. The van der Waals surface area contributed by atoms with E-state index in [0.717, 1.165) is 26.1 Å². The zero-order chi connectivity index (χ0) is 11.7. The lowest BCUT2D eigenvalue weighted by molar-refractivity contribution is 0.176. The Morgan fingerprint density at radius 1 is 1.13 bits per heavy atom. The van der Waals surface area contributed by atoms with E-state index in [4.69, 9.17) is 0 Å². The van der Waals surface area contributed by atoms with Crippen LogP contribution in [0.15, 0.2) is 12.7 Å². The standard InChI is InChI=1S/C13H28N2/c1-6-7-8-9-14-10-11-15(12(2)3)13(4)5/h6,12-14H,1,7-11H2,2-5H3. The highest BCUT2D eigenvalue weighted by molar-refractivity contribution is 4.69. The van der Waals surface area contributed by atoms with E-state index in [2.05, 4.69) is 44.5 Å². The Hall–Kier alpha value is -0.340. The molecule has 0 unspecified atom stereocenters. The molecule has 0 bridgehead atoms. The van der Waals surface area contributed by atoms with Crippen molar-refractivity contribution in [1.82, 2.24) is 10.2 Å². The molecule has 0 rings (SSSR count). The molecule has 90 valence electrons. The van der Waals surface area contributed by atoms with Crippen LogP contribution in [0.25, 0.3) is 0 Å². The molecule has 2 heteroatoms. The highest BCUT2D eigenvalue weighted by Gasteiger charge is 2.11. The summed E-state index contributed by atoms with van der Waals surface area (Å²) >= 11 is 0. The molecular weight excluding hydrogens is 184 g/mol. The normalized spacial score (nSPS) is 11.7. The molecule has 0 aromatic rings. The van der Waals surface area contributed by atoms with Crippen LogP contribution in [0, 0.1) is 0 Å². The summed E-state index contributed by atoms with van der Waals surface area (Å²) in [6, 6.07) is 1.28. The molecule has 0 aliphatic carbocycles. The first-order valence-electron chi connectivity index (χ1n) is 6.17. The number of nitrogens with zero attached hydrogens (tertiary/aromatic N) is 1. The average molecular weight is 212 g/mol. The fraction of sp³-hybridized carbons (Fsp3) is 0.846. The number of allylic oxidation sites excluding steroid dienone is 1. The number of nitrogens with one attached hydrogen (secondary N) is 1. The lowest BCUT2D eigenvalue weighted by Crippen LogP contribution is -2.41. The first kappa shape index (κ1) is 14.7. The minimum Gasteiger partial charge on any atom is -0.315 e. The van der Waals surface area contributed by atoms with Crippen LogP contribution >= 0.6 is 0 Å².